The molecule has 2 fully saturated rings. The smallest absolute Gasteiger partial charge is 0.261 e. The fraction of sp³-hybridized carbons (Fsp3) is 0.333. The molecule has 0 unspecified atom stereocenters. The lowest BCUT2D eigenvalue weighted by molar-refractivity contribution is 0.0342. The number of aromatic nitrogens is 3. The van der Waals surface area contributed by atoms with E-state index in [1.54, 1.807) is 18.2 Å². The number of nitrogens with zero attached hydrogens (tertiary/aromatic N) is 5. The van der Waals surface area contributed by atoms with Gasteiger partial charge in [0.2, 0.25) is 11.9 Å². The Morgan fingerprint density at radius 3 is 2.57 bits per heavy atom. The van der Waals surface area contributed by atoms with Gasteiger partial charge in [-0.25, -0.2) is 4.39 Å². The predicted molar refractivity (Wildman–Crippen MR) is 165 cm³/mol. The summed E-state index contributed by atoms with van der Waals surface area (Å²) in [6, 6.07) is 16.8. The zero-order valence-electron chi connectivity index (χ0n) is 24.3. The van der Waals surface area contributed by atoms with E-state index in [-0.39, 0.29) is 29.9 Å². The molecule has 1 aromatic heterocycles. The molecular formula is C33H34FN7O3. The third-order valence-corrected chi connectivity index (χ3v) is 8.52. The number of morpholine rings is 1. The van der Waals surface area contributed by atoms with Gasteiger partial charge in [0.05, 0.1) is 31.1 Å². The maximum atomic E-state index is 15.2. The number of nitrogens with two attached hydrogens (primary N) is 1. The number of ether oxygens (including phenoxy) is 1. The van der Waals surface area contributed by atoms with Crippen LogP contribution in [-0.2, 0) is 24.3 Å². The van der Waals surface area contributed by atoms with E-state index in [4.69, 9.17) is 10.5 Å². The van der Waals surface area contributed by atoms with E-state index in [0.717, 1.165) is 62.5 Å². The summed E-state index contributed by atoms with van der Waals surface area (Å²) in [5, 5.41) is 13.7. The first-order valence-electron chi connectivity index (χ1n) is 15.0. The highest BCUT2D eigenvalue weighted by Gasteiger charge is 2.33. The normalized spacial score (nSPS) is 17.0. The van der Waals surface area contributed by atoms with Crippen molar-refractivity contribution in [1.29, 1.82) is 0 Å². The maximum absolute atomic E-state index is 15.2. The number of fused-ring (bicyclic) bond motifs is 1. The van der Waals surface area contributed by atoms with Crippen molar-refractivity contribution < 1.29 is 19.0 Å². The van der Waals surface area contributed by atoms with Gasteiger partial charge in [-0.05, 0) is 66.1 Å². The molecule has 226 valence electrons. The van der Waals surface area contributed by atoms with Gasteiger partial charge in [-0.3, -0.25) is 9.69 Å². The summed E-state index contributed by atoms with van der Waals surface area (Å²) in [7, 11) is 0. The number of aliphatic hydroxyl groups is 1. The van der Waals surface area contributed by atoms with E-state index >= 15 is 4.39 Å². The summed E-state index contributed by atoms with van der Waals surface area (Å²) >= 11 is 0. The van der Waals surface area contributed by atoms with Crippen LogP contribution in [0.5, 0.6) is 0 Å². The zero-order chi connectivity index (χ0) is 30.2. The number of aliphatic hydroxyl groups excluding tert-OH is 1. The minimum atomic E-state index is -0.490. The molecule has 11 heteroatoms. The van der Waals surface area contributed by atoms with E-state index in [0.29, 0.717) is 35.7 Å². The lowest BCUT2D eigenvalue weighted by atomic mass is 9.93. The first kappa shape index (κ1) is 28.3. The number of hydrogen-bond donors (Lipinski definition) is 3. The second-order valence-electron chi connectivity index (χ2n) is 11.5. The zero-order valence-corrected chi connectivity index (χ0v) is 24.3. The molecule has 4 aromatic rings. The third kappa shape index (κ3) is 5.73. The molecule has 0 radical (unpaired) electrons. The van der Waals surface area contributed by atoms with Gasteiger partial charge in [0.1, 0.15) is 5.82 Å². The Balaban J connectivity index is 1.14. The number of carbonyl (C=O) groups excluding carboxylic acids is 1. The van der Waals surface area contributed by atoms with Gasteiger partial charge in [0.25, 0.3) is 5.91 Å². The molecule has 7 rings (SSSR count). The summed E-state index contributed by atoms with van der Waals surface area (Å²) in [5.74, 6) is -0.0117. The van der Waals surface area contributed by atoms with Crippen LogP contribution in [0, 0.1) is 5.82 Å². The van der Waals surface area contributed by atoms with E-state index in [1.807, 2.05) is 18.2 Å². The Labute approximate surface area is 254 Å². The van der Waals surface area contributed by atoms with Gasteiger partial charge >= 0.3 is 0 Å². The summed E-state index contributed by atoms with van der Waals surface area (Å²) < 4.78 is 20.7. The van der Waals surface area contributed by atoms with Crippen molar-refractivity contribution in [3.05, 3.63) is 88.2 Å². The van der Waals surface area contributed by atoms with E-state index in [2.05, 4.69) is 37.3 Å². The summed E-state index contributed by atoms with van der Waals surface area (Å²) in [4.78, 5) is 30.7. The number of hydrogen-bond acceptors (Lipinski definition) is 9. The van der Waals surface area contributed by atoms with Crippen molar-refractivity contribution in [2.75, 3.05) is 48.8 Å². The highest BCUT2D eigenvalue weighted by Crippen LogP contribution is 2.42. The standard InChI is InChI=1S/C33H34FN7O3/c34-27-17-23(21-6-7-21)16-22-10-11-41(31(43)29(22)27)28-3-1-2-25(26(28)19-42)30-37-32(35)39-33(38-30)36-24-8-4-20(5-9-24)18-40-12-14-44-15-13-40/h1-5,8-9,16-17,21,42H,6-7,10-15,18-19H2,(H3,35,36,37,38,39). The molecule has 10 nitrogen and oxygen atoms in total. The Morgan fingerprint density at radius 2 is 1.82 bits per heavy atom. The van der Waals surface area contributed by atoms with Crippen LogP contribution >= 0.6 is 0 Å². The lowest BCUT2D eigenvalue weighted by Gasteiger charge is -2.31. The van der Waals surface area contributed by atoms with Crippen molar-refractivity contribution in [2.24, 2.45) is 0 Å². The monoisotopic (exact) mass is 595 g/mol. The molecule has 3 heterocycles. The van der Waals surface area contributed by atoms with E-state index < -0.39 is 11.7 Å². The number of carbonyl (C=O) groups is 1. The van der Waals surface area contributed by atoms with E-state index in [9.17, 15) is 9.90 Å². The predicted octanol–water partition coefficient (Wildman–Crippen LogP) is 4.41. The average molecular weight is 596 g/mol. The highest BCUT2D eigenvalue weighted by atomic mass is 19.1. The van der Waals surface area contributed by atoms with Gasteiger partial charge in [-0.1, -0.05) is 30.3 Å². The summed E-state index contributed by atoms with van der Waals surface area (Å²) in [6.45, 7) is 4.18. The fourth-order valence-corrected chi connectivity index (χ4v) is 6.09. The van der Waals surface area contributed by atoms with Crippen molar-refractivity contribution >= 4 is 29.2 Å². The largest absolute Gasteiger partial charge is 0.392 e. The van der Waals surface area contributed by atoms with Crippen LogP contribution < -0.4 is 16.0 Å². The molecule has 0 spiro atoms. The van der Waals surface area contributed by atoms with Crippen LogP contribution in [0.15, 0.2) is 54.6 Å². The SMILES string of the molecule is Nc1nc(Nc2ccc(CN3CCOCC3)cc2)nc(-c2cccc(N3CCc4cc(C5CC5)cc(F)c4C3=O)c2CO)n1. The number of halogens is 1. The number of anilines is 4. The highest BCUT2D eigenvalue weighted by molar-refractivity contribution is 6.09. The quantitative estimate of drug-likeness (QED) is 0.271. The molecule has 3 aromatic carbocycles. The van der Waals surface area contributed by atoms with Crippen molar-refractivity contribution in [3.63, 3.8) is 0 Å². The van der Waals surface area contributed by atoms with Crippen LogP contribution in [0.1, 0.15) is 51.4 Å². The van der Waals surface area contributed by atoms with Crippen LogP contribution in [0.3, 0.4) is 0 Å². The molecule has 1 amide bonds. The second-order valence-corrected chi connectivity index (χ2v) is 11.5. The Kier molecular flexibility index (Phi) is 7.67. The van der Waals surface area contributed by atoms with Crippen LogP contribution in [0.4, 0.5) is 27.7 Å². The molecule has 3 aliphatic rings. The van der Waals surface area contributed by atoms with Crippen LogP contribution in [-0.4, -0.2) is 63.7 Å². The molecule has 0 bridgehead atoms. The Morgan fingerprint density at radius 1 is 1.02 bits per heavy atom. The molecule has 2 aliphatic heterocycles. The molecular weight excluding hydrogens is 561 g/mol. The first-order chi connectivity index (χ1) is 21.5. The van der Waals surface area contributed by atoms with Gasteiger partial charge in [0.15, 0.2) is 5.82 Å². The molecule has 4 N–H and O–H groups in total. The first-order valence-corrected chi connectivity index (χ1v) is 15.0. The Hall–Kier alpha value is -4.45. The number of nitrogens with one attached hydrogen (secondary N) is 1. The summed E-state index contributed by atoms with van der Waals surface area (Å²) in [6.07, 6.45) is 2.64. The Bertz CT molecular complexity index is 1700. The van der Waals surface area contributed by atoms with Crippen molar-refractivity contribution in [2.45, 2.75) is 38.3 Å². The number of amides is 1. The topological polar surface area (TPSA) is 130 Å². The third-order valence-electron chi connectivity index (χ3n) is 8.52. The second kappa shape index (κ2) is 11.9. The van der Waals surface area contributed by atoms with Gasteiger partial charge in [-0.15, -0.1) is 0 Å². The van der Waals surface area contributed by atoms with E-state index in [1.165, 1.54) is 16.5 Å². The van der Waals surface area contributed by atoms with Crippen molar-refractivity contribution in [1.82, 2.24) is 19.9 Å². The van der Waals surface area contributed by atoms with Crippen molar-refractivity contribution in [3.8, 4) is 11.4 Å². The minimum Gasteiger partial charge on any atom is -0.392 e. The fourth-order valence-electron chi connectivity index (χ4n) is 6.09. The molecule has 0 atom stereocenters. The molecule has 1 aliphatic carbocycles. The lowest BCUT2D eigenvalue weighted by Crippen LogP contribution is -2.39. The molecule has 44 heavy (non-hydrogen) atoms. The van der Waals surface area contributed by atoms with Crippen LogP contribution in [0.2, 0.25) is 0 Å². The molecule has 1 saturated heterocycles. The maximum Gasteiger partial charge on any atom is 0.261 e. The van der Waals surface area contributed by atoms with Gasteiger partial charge in [0, 0.05) is 43.0 Å². The van der Waals surface area contributed by atoms with Gasteiger partial charge < -0.3 is 25.8 Å². The minimum absolute atomic E-state index is 0.00671. The molecule has 1 saturated carbocycles. The summed E-state index contributed by atoms with van der Waals surface area (Å²) in [5.41, 5.74) is 11.3. The van der Waals surface area contributed by atoms with Crippen LogP contribution in [0.25, 0.3) is 11.4 Å². The number of nitrogen functional groups attached to an aromatic ring is 1. The number of benzene rings is 3. The van der Waals surface area contributed by atoms with Gasteiger partial charge in [-0.2, -0.15) is 15.0 Å². The number of rotatable bonds is 8. The average Bonchev–Trinajstić information content (AvgIpc) is 3.88.